The standard InChI is InChI=1S/C78H56N2/c1-5-22-57(23-6-1)71-32-13-17-36-75(71)61-40-48-65(49-41-61)79(66-50-42-62(43-51-66)76-37-18-14-33-72(76)58-24-7-2-8-25-58)69-30-21-31-70(56-69)80(67-52-44-63(45-53-67)77-38-19-15-34-73(77)59-26-9-3-10-27-59)68-54-46-64(47-55-68)78-39-20-16-35-74(78)60-28-11-4-12-29-60/h1-56H. The molecule has 0 radical (unpaired) electrons. The van der Waals surface area contributed by atoms with Crippen LogP contribution in [-0.2, 0) is 0 Å². The quantitative estimate of drug-likeness (QED) is 0.107. The molecular weight excluding hydrogens is 965 g/mol. The van der Waals surface area contributed by atoms with E-state index < -0.39 is 0 Å². The highest BCUT2D eigenvalue weighted by Crippen LogP contribution is 2.44. The molecular formula is C78H56N2. The molecule has 0 saturated heterocycles. The third-order valence-corrected chi connectivity index (χ3v) is 15.1. The SMILES string of the molecule is c1ccc(-c2ccccc2-c2ccc(N(c3ccc(-c4ccccc4-c4ccccc4)cc3)c3cccc(N(c4ccc(-c5ccccc5-c5ccccc5)cc4)c4ccc(-c5ccccc5-c5ccccc5)cc4)c3)cc2)cc1. The summed E-state index contributed by atoms with van der Waals surface area (Å²) in [6.45, 7) is 0. The summed E-state index contributed by atoms with van der Waals surface area (Å²) in [5.74, 6) is 0. The Kier molecular flexibility index (Phi) is 13.8. The molecule has 0 heterocycles. The lowest BCUT2D eigenvalue weighted by atomic mass is 9.94. The van der Waals surface area contributed by atoms with Crippen molar-refractivity contribution in [2.75, 3.05) is 9.80 Å². The van der Waals surface area contributed by atoms with Gasteiger partial charge in [0.2, 0.25) is 0 Å². The molecule has 13 rings (SSSR count). The molecule has 0 spiro atoms. The lowest BCUT2D eigenvalue weighted by Gasteiger charge is -2.30. The first-order chi connectivity index (χ1) is 39.7. The number of anilines is 6. The molecule has 0 aliphatic heterocycles. The summed E-state index contributed by atoms with van der Waals surface area (Å²) in [5.41, 5.74) is 25.3. The molecule has 0 aliphatic rings. The summed E-state index contributed by atoms with van der Waals surface area (Å²) in [4.78, 5) is 4.77. The van der Waals surface area contributed by atoms with E-state index in [9.17, 15) is 0 Å². The minimum Gasteiger partial charge on any atom is -0.310 e. The average molecular weight is 1020 g/mol. The van der Waals surface area contributed by atoms with Gasteiger partial charge in [-0.05, 0) is 156 Å². The number of nitrogens with zero attached hydrogens (tertiary/aromatic N) is 2. The van der Waals surface area contributed by atoms with Crippen molar-refractivity contribution >= 4 is 34.1 Å². The molecule has 0 aromatic heterocycles. The highest BCUT2D eigenvalue weighted by molar-refractivity contribution is 5.91. The van der Waals surface area contributed by atoms with E-state index in [1.165, 1.54) is 66.8 Å². The van der Waals surface area contributed by atoms with Crippen LogP contribution in [0.15, 0.2) is 340 Å². The molecule has 80 heavy (non-hydrogen) atoms. The minimum absolute atomic E-state index is 1.03. The van der Waals surface area contributed by atoms with E-state index in [-0.39, 0.29) is 0 Å². The molecule has 2 heteroatoms. The van der Waals surface area contributed by atoms with Gasteiger partial charge in [-0.15, -0.1) is 0 Å². The summed E-state index contributed by atoms with van der Waals surface area (Å²) in [6.07, 6.45) is 0. The highest BCUT2D eigenvalue weighted by Gasteiger charge is 2.20. The third kappa shape index (κ3) is 10.1. The predicted molar refractivity (Wildman–Crippen MR) is 339 cm³/mol. The molecule has 0 saturated carbocycles. The van der Waals surface area contributed by atoms with E-state index in [1.807, 2.05) is 0 Å². The Hall–Kier alpha value is -10.5. The number of benzene rings is 13. The smallest absolute Gasteiger partial charge is 0.0482 e. The Morgan fingerprint density at radius 3 is 0.500 bits per heavy atom. The fourth-order valence-electron chi connectivity index (χ4n) is 11.2. The first-order valence-corrected chi connectivity index (χ1v) is 27.4. The van der Waals surface area contributed by atoms with Crippen LogP contribution >= 0.6 is 0 Å². The maximum absolute atomic E-state index is 2.38. The normalized spacial score (nSPS) is 11.0. The predicted octanol–water partition coefficient (Wildman–Crippen LogP) is 22.0. The summed E-state index contributed by atoms with van der Waals surface area (Å²) < 4.78 is 0. The van der Waals surface area contributed by atoms with Gasteiger partial charge in [-0.1, -0.05) is 273 Å². The number of rotatable bonds is 14. The van der Waals surface area contributed by atoms with Crippen molar-refractivity contribution in [1.29, 1.82) is 0 Å². The van der Waals surface area contributed by atoms with E-state index in [0.717, 1.165) is 56.4 Å². The lowest BCUT2D eigenvalue weighted by Crippen LogP contribution is -2.13. The molecule has 0 atom stereocenters. The second-order valence-electron chi connectivity index (χ2n) is 20.0. The second kappa shape index (κ2) is 22.6. The molecule has 0 aliphatic carbocycles. The summed E-state index contributed by atoms with van der Waals surface area (Å²) in [6, 6.07) is 123. The van der Waals surface area contributed by atoms with Gasteiger partial charge in [0.1, 0.15) is 0 Å². The van der Waals surface area contributed by atoms with Gasteiger partial charge in [0, 0.05) is 34.1 Å². The Balaban J connectivity index is 0.928. The van der Waals surface area contributed by atoms with Crippen LogP contribution in [0.4, 0.5) is 34.1 Å². The number of hydrogen-bond donors (Lipinski definition) is 0. The van der Waals surface area contributed by atoms with Gasteiger partial charge < -0.3 is 9.80 Å². The first-order valence-electron chi connectivity index (χ1n) is 27.4. The van der Waals surface area contributed by atoms with Gasteiger partial charge in [-0.3, -0.25) is 0 Å². The Morgan fingerprint density at radius 1 is 0.125 bits per heavy atom. The Labute approximate surface area is 470 Å². The first kappa shape index (κ1) is 49.1. The van der Waals surface area contributed by atoms with Gasteiger partial charge >= 0.3 is 0 Å². The van der Waals surface area contributed by atoms with Gasteiger partial charge in [0.05, 0.1) is 0 Å². The van der Waals surface area contributed by atoms with Crippen molar-refractivity contribution < 1.29 is 0 Å². The van der Waals surface area contributed by atoms with Crippen molar-refractivity contribution in [3.05, 3.63) is 340 Å². The summed E-state index contributed by atoms with van der Waals surface area (Å²) in [7, 11) is 0. The van der Waals surface area contributed by atoms with E-state index in [2.05, 4.69) is 350 Å². The topological polar surface area (TPSA) is 6.48 Å². The van der Waals surface area contributed by atoms with E-state index in [1.54, 1.807) is 0 Å². The maximum atomic E-state index is 2.38. The Morgan fingerprint density at radius 2 is 0.300 bits per heavy atom. The van der Waals surface area contributed by atoms with Crippen molar-refractivity contribution in [2.45, 2.75) is 0 Å². The molecule has 0 amide bonds. The summed E-state index contributed by atoms with van der Waals surface area (Å²) in [5, 5.41) is 0. The molecule has 2 nitrogen and oxygen atoms in total. The van der Waals surface area contributed by atoms with Crippen LogP contribution in [-0.4, -0.2) is 0 Å². The zero-order chi connectivity index (χ0) is 53.5. The number of hydrogen-bond acceptors (Lipinski definition) is 2. The van der Waals surface area contributed by atoms with Crippen molar-refractivity contribution in [1.82, 2.24) is 0 Å². The van der Waals surface area contributed by atoms with Gasteiger partial charge in [-0.2, -0.15) is 0 Å². The van der Waals surface area contributed by atoms with Crippen LogP contribution in [0, 0.1) is 0 Å². The molecule has 378 valence electrons. The lowest BCUT2D eigenvalue weighted by molar-refractivity contribution is 1.25. The third-order valence-electron chi connectivity index (χ3n) is 15.1. The zero-order valence-electron chi connectivity index (χ0n) is 44.2. The zero-order valence-corrected chi connectivity index (χ0v) is 44.2. The van der Waals surface area contributed by atoms with E-state index >= 15 is 0 Å². The highest BCUT2D eigenvalue weighted by atomic mass is 15.2. The van der Waals surface area contributed by atoms with Gasteiger partial charge in [0.15, 0.2) is 0 Å². The molecule has 0 bridgehead atoms. The second-order valence-corrected chi connectivity index (χ2v) is 20.0. The average Bonchev–Trinajstić information content (AvgIpc) is 3.56. The van der Waals surface area contributed by atoms with E-state index in [4.69, 9.17) is 0 Å². The van der Waals surface area contributed by atoms with Gasteiger partial charge in [0.25, 0.3) is 0 Å². The van der Waals surface area contributed by atoms with Crippen LogP contribution in [0.25, 0.3) is 89.0 Å². The molecule has 13 aromatic carbocycles. The van der Waals surface area contributed by atoms with Crippen molar-refractivity contribution in [3.8, 4) is 89.0 Å². The van der Waals surface area contributed by atoms with E-state index in [0.29, 0.717) is 0 Å². The summed E-state index contributed by atoms with van der Waals surface area (Å²) >= 11 is 0. The largest absolute Gasteiger partial charge is 0.310 e. The van der Waals surface area contributed by atoms with Crippen LogP contribution in [0.1, 0.15) is 0 Å². The fraction of sp³-hybridized carbons (Fsp3) is 0. The minimum atomic E-state index is 1.03. The molecule has 13 aromatic rings. The Bertz CT molecular complexity index is 3650. The fourth-order valence-corrected chi connectivity index (χ4v) is 11.2. The van der Waals surface area contributed by atoms with Crippen molar-refractivity contribution in [3.63, 3.8) is 0 Å². The van der Waals surface area contributed by atoms with Crippen LogP contribution in [0.2, 0.25) is 0 Å². The van der Waals surface area contributed by atoms with Gasteiger partial charge in [-0.25, -0.2) is 0 Å². The molecule has 0 N–H and O–H groups in total. The van der Waals surface area contributed by atoms with Crippen LogP contribution < -0.4 is 9.80 Å². The van der Waals surface area contributed by atoms with Crippen molar-refractivity contribution in [2.24, 2.45) is 0 Å². The van der Waals surface area contributed by atoms with Crippen LogP contribution in [0.5, 0.6) is 0 Å². The maximum Gasteiger partial charge on any atom is 0.0482 e. The van der Waals surface area contributed by atoms with Crippen LogP contribution in [0.3, 0.4) is 0 Å². The monoisotopic (exact) mass is 1020 g/mol. The molecule has 0 fully saturated rings. The molecule has 0 unspecified atom stereocenters.